The maximum absolute atomic E-state index is 5.21. The third-order valence-corrected chi connectivity index (χ3v) is 3.17. The van der Waals surface area contributed by atoms with Crippen LogP contribution in [0.4, 0.5) is 0 Å². The van der Waals surface area contributed by atoms with Gasteiger partial charge in [0.15, 0.2) is 5.96 Å². The molecule has 0 unspecified atom stereocenters. The van der Waals surface area contributed by atoms with Gasteiger partial charge in [0, 0.05) is 19.6 Å². The fourth-order valence-electron chi connectivity index (χ4n) is 2.09. The van der Waals surface area contributed by atoms with E-state index in [-0.39, 0.29) is 0 Å². The number of hydrogen-bond acceptors (Lipinski definition) is 2. The molecule has 1 aromatic carbocycles. The first kappa shape index (κ1) is 13.5. The molecule has 2 N–H and O–H groups in total. The van der Waals surface area contributed by atoms with Gasteiger partial charge >= 0.3 is 0 Å². The molecule has 0 aliphatic heterocycles. The quantitative estimate of drug-likeness (QED) is 0.494. The third kappa shape index (κ3) is 4.02. The second-order valence-electron chi connectivity index (χ2n) is 4.56. The van der Waals surface area contributed by atoms with Gasteiger partial charge in [-0.25, -0.2) is 0 Å². The zero-order valence-electron chi connectivity index (χ0n) is 11.5. The molecule has 0 aromatic heterocycles. The molecule has 1 aromatic rings. The van der Waals surface area contributed by atoms with Crippen molar-refractivity contribution in [3.05, 3.63) is 42.0 Å². The first-order valence-corrected chi connectivity index (χ1v) is 6.57. The molecule has 0 atom stereocenters. The molecule has 0 saturated carbocycles. The number of nitrogens with zero attached hydrogens (tertiary/aromatic N) is 1. The van der Waals surface area contributed by atoms with Crippen molar-refractivity contribution < 1.29 is 4.74 Å². The summed E-state index contributed by atoms with van der Waals surface area (Å²) in [6, 6.07) is 8.50. The van der Waals surface area contributed by atoms with E-state index in [9.17, 15) is 0 Å². The van der Waals surface area contributed by atoms with Gasteiger partial charge in [0.25, 0.3) is 0 Å². The van der Waals surface area contributed by atoms with Crippen LogP contribution in [0.1, 0.15) is 18.4 Å². The Morgan fingerprint density at radius 2 is 2.16 bits per heavy atom. The molecule has 1 aliphatic rings. The normalized spacial score (nSPS) is 15.6. The lowest BCUT2D eigenvalue weighted by Gasteiger charge is -2.17. The molecule has 19 heavy (non-hydrogen) atoms. The van der Waals surface area contributed by atoms with E-state index < -0.39 is 0 Å². The van der Waals surface area contributed by atoms with E-state index >= 15 is 0 Å². The number of benzene rings is 1. The third-order valence-electron chi connectivity index (χ3n) is 3.17. The minimum atomic E-state index is 0.469. The largest absolute Gasteiger partial charge is 0.497 e. The van der Waals surface area contributed by atoms with Gasteiger partial charge in [0.1, 0.15) is 5.75 Å². The molecule has 102 valence electrons. The van der Waals surface area contributed by atoms with Crippen LogP contribution in [0.25, 0.3) is 0 Å². The first-order chi connectivity index (χ1) is 9.31. The Labute approximate surface area is 114 Å². The lowest BCUT2D eigenvalue weighted by atomic mass is 10.2. The van der Waals surface area contributed by atoms with Crippen LogP contribution in [-0.4, -0.2) is 26.2 Å². The molecule has 0 amide bonds. The van der Waals surface area contributed by atoms with Crippen LogP contribution in [0, 0.1) is 0 Å². The predicted molar refractivity (Wildman–Crippen MR) is 78.5 cm³/mol. The standard InChI is InChI=1S/C15H21N3O/c1-16-15(18-13-7-3-4-8-13)17-11-12-6-5-9-14(10-12)19-2/h3-6,9-10,13H,7-8,11H2,1-2H3,(H2,16,17,18). The highest BCUT2D eigenvalue weighted by molar-refractivity contribution is 5.80. The Kier molecular flexibility index (Phi) is 4.84. The van der Waals surface area contributed by atoms with Crippen molar-refractivity contribution in [1.29, 1.82) is 0 Å². The molecule has 0 radical (unpaired) electrons. The van der Waals surface area contributed by atoms with Gasteiger partial charge < -0.3 is 15.4 Å². The lowest BCUT2D eigenvalue weighted by Crippen LogP contribution is -2.42. The van der Waals surface area contributed by atoms with E-state index in [2.05, 4.69) is 33.8 Å². The molecule has 0 spiro atoms. The van der Waals surface area contributed by atoms with E-state index in [1.165, 1.54) is 5.56 Å². The average Bonchev–Trinajstić information content (AvgIpc) is 2.96. The summed E-state index contributed by atoms with van der Waals surface area (Å²) >= 11 is 0. The Hall–Kier alpha value is -1.97. The van der Waals surface area contributed by atoms with E-state index in [0.29, 0.717) is 6.04 Å². The topological polar surface area (TPSA) is 45.7 Å². The number of hydrogen-bond donors (Lipinski definition) is 2. The van der Waals surface area contributed by atoms with Gasteiger partial charge in [0.05, 0.1) is 7.11 Å². The molecule has 0 fully saturated rings. The monoisotopic (exact) mass is 259 g/mol. The summed E-state index contributed by atoms with van der Waals surface area (Å²) in [7, 11) is 3.48. The zero-order valence-corrected chi connectivity index (χ0v) is 11.5. The minimum absolute atomic E-state index is 0.469. The van der Waals surface area contributed by atoms with E-state index in [4.69, 9.17) is 4.74 Å². The molecular formula is C15H21N3O. The van der Waals surface area contributed by atoms with Crippen LogP contribution in [0.2, 0.25) is 0 Å². The Balaban J connectivity index is 1.85. The number of methoxy groups -OCH3 is 1. The number of aliphatic imine (C=N–C) groups is 1. The van der Waals surface area contributed by atoms with Gasteiger partial charge in [-0.3, -0.25) is 4.99 Å². The van der Waals surface area contributed by atoms with Crippen LogP contribution in [0.15, 0.2) is 41.4 Å². The fraction of sp³-hybridized carbons (Fsp3) is 0.400. The Morgan fingerprint density at radius 1 is 1.37 bits per heavy atom. The number of nitrogens with one attached hydrogen (secondary N) is 2. The number of guanidine groups is 1. The summed E-state index contributed by atoms with van der Waals surface area (Å²) in [6.07, 6.45) is 6.54. The maximum Gasteiger partial charge on any atom is 0.191 e. The van der Waals surface area contributed by atoms with Crippen LogP contribution in [-0.2, 0) is 6.54 Å². The zero-order chi connectivity index (χ0) is 13.5. The smallest absolute Gasteiger partial charge is 0.191 e. The Bertz CT molecular complexity index is 460. The molecule has 2 rings (SSSR count). The van der Waals surface area contributed by atoms with Crippen LogP contribution in [0.3, 0.4) is 0 Å². The van der Waals surface area contributed by atoms with Crippen LogP contribution < -0.4 is 15.4 Å². The Morgan fingerprint density at radius 3 is 2.84 bits per heavy atom. The maximum atomic E-state index is 5.21. The molecular weight excluding hydrogens is 238 g/mol. The van der Waals surface area contributed by atoms with E-state index in [0.717, 1.165) is 31.1 Å². The van der Waals surface area contributed by atoms with E-state index in [1.807, 2.05) is 18.2 Å². The van der Waals surface area contributed by atoms with Crippen molar-refractivity contribution in [1.82, 2.24) is 10.6 Å². The molecule has 0 saturated heterocycles. The van der Waals surface area contributed by atoms with Crippen molar-refractivity contribution in [2.24, 2.45) is 4.99 Å². The first-order valence-electron chi connectivity index (χ1n) is 6.57. The van der Waals surface area contributed by atoms with Crippen molar-refractivity contribution in [2.75, 3.05) is 14.2 Å². The van der Waals surface area contributed by atoms with Crippen LogP contribution >= 0.6 is 0 Å². The summed E-state index contributed by atoms with van der Waals surface area (Å²) in [5.74, 6) is 1.72. The summed E-state index contributed by atoms with van der Waals surface area (Å²) in [6.45, 7) is 0.733. The number of rotatable bonds is 4. The molecule has 4 heteroatoms. The highest BCUT2D eigenvalue weighted by atomic mass is 16.5. The van der Waals surface area contributed by atoms with E-state index in [1.54, 1.807) is 14.2 Å². The lowest BCUT2D eigenvalue weighted by molar-refractivity contribution is 0.414. The summed E-state index contributed by atoms with van der Waals surface area (Å²) in [5, 5.41) is 6.73. The second kappa shape index (κ2) is 6.83. The minimum Gasteiger partial charge on any atom is -0.497 e. The van der Waals surface area contributed by atoms with Crippen LogP contribution in [0.5, 0.6) is 5.75 Å². The summed E-state index contributed by atoms with van der Waals surface area (Å²) < 4.78 is 5.21. The highest BCUT2D eigenvalue weighted by Crippen LogP contribution is 2.12. The molecule has 0 bridgehead atoms. The van der Waals surface area contributed by atoms with Crippen molar-refractivity contribution >= 4 is 5.96 Å². The summed E-state index contributed by atoms with van der Waals surface area (Å²) in [5.41, 5.74) is 1.17. The summed E-state index contributed by atoms with van der Waals surface area (Å²) in [4.78, 5) is 4.24. The molecule has 4 nitrogen and oxygen atoms in total. The number of ether oxygens (including phenoxy) is 1. The molecule has 0 heterocycles. The predicted octanol–water partition coefficient (Wildman–Crippen LogP) is 2.08. The second-order valence-corrected chi connectivity index (χ2v) is 4.56. The van der Waals surface area contributed by atoms with Gasteiger partial charge in [-0.1, -0.05) is 24.3 Å². The van der Waals surface area contributed by atoms with Gasteiger partial charge in [-0.2, -0.15) is 0 Å². The average molecular weight is 259 g/mol. The highest BCUT2D eigenvalue weighted by Gasteiger charge is 2.11. The van der Waals surface area contributed by atoms with Gasteiger partial charge in [0.2, 0.25) is 0 Å². The molecule has 1 aliphatic carbocycles. The van der Waals surface area contributed by atoms with Gasteiger partial charge in [-0.05, 0) is 30.5 Å². The van der Waals surface area contributed by atoms with Crippen molar-refractivity contribution in [3.63, 3.8) is 0 Å². The van der Waals surface area contributed by atoms with Gasteiger partial charge in [-0.15, -0.1) is 0 Å². The SMILES string of the molecule is CN=C(NCc1cccc(OC)c1)NC1CC=CC1. The van der Waals surface area contributed by atoms with Crippen molar-refractivity contribution in [3.8, 4) is 5.75 Å². The fourth-order valence-corrected chi connectivity index (χ4v) is 2.09. The van der Waals surface area contributed by atoms with Crippen molar-refractivity contribution in [2.45, 2.75) is 25.4 Å².